The van der Waals surface area contributed by atoms with Crippen molar-refractivity contribution in [1.29, 1.82) is 0 Å². The van der Waals surface area contributed by atoms with Crippen molar-refractivity contribution in [2.45, 2.75) is 38.8 Å². The third-order valence-corrected chi connectivity index (χ3v) is 6.79. The van der Waals surface area contributed by atoms with Crippen LogP contribution in [0.3, 0.4) is 0 Å². The Balaban J connectivity index is 1.54. The second kappa shape index (κ2) is 9.36. The minimum absolute atomic E-state index is 0.0262. The largest absolute Gasteiger partial charge is 0.494 e. The third kappa shape index (κ3) is 4.38. The van der Waals surface area contributed by atoms with Crippen LogP contribution in [-0.2, 0) is 4.74 Å². The lowest BCUT2D eigenvalue weighted by Crippen LogP contribution is -2.48. The summed E-state index contributed by atoms with van der Waals surface area (Å²) in [6.07, 6.45) is 1.98. The van der Waals surface area contributed by atoms with Crippen molar-refractivity contribution in [2.24, 2.45) is 0 Å². The van der Waals surface area contributed by atoms with Crippen LogP contribution in [0.25, 0.3) is 16.3 Å². The Morgan fingerprint density at radius 3 is 2.82 bits per heavy atom. The van der Waals surface area contributed by atoms with Gasteiger partial charge in [0.15, 0.2) is 0 Å². The SMILES string of the molecule is CCOc1ccc(C2NC(=O)N(CC3CCCO3)C(C)=C2c2nc(-c3cccs3)no2)cc1. The molecule has 0 aliphatic carbocycles. The van der Waals surface area contributed by atoms with E-state index in [1.807, 2.05) is 55.6 Å². The van der Waals surface area contributed by atoms with Crippen LogP contribution in [0.2, 0.25) is 0 Å². The number of nitrogens with zero attached hydrogens (tertiary/aromatic N) is 3. The zero-order valence-electron chi connectivity index (χ0n) is 18.6. The van der Waals surface area contributed by atoms with Crippen LogP contribution in [0.15, 0.2) is 52.0 Å². The van der Waals surface area contributed by atoms with Crippen molar-refractivity contribution in [2.75, 3.05) is 19.8 Å². The van der Waals surface area contributed by atoms with Crippen molar-refractivity contribution in [3.05, 3.63) is 58.9 Å². The minimum Gasteiger partial charge on any atom is -0.494 e. The highest BCUT2D eigenvalue weighted by molar-refractivity contribution is 7.13. The maximum atomic E-state index is 13.1. The number of ether oxygens (including phenoxy) is 2. The van der Waals surface area contributed by atoms with E-state index < -0.39 is 6.04 Å². The molecule has 0 bridgehead atoms. The molecule has 2 aliphatic heterocycles. The first kappa shape index (κ1) is 21.7. The molecule has 9 heteroatoms. The smallest absolute Gasteiger partial charge is 0.322 e. The number of thiophene rings is 1. The number of benzene rings is 1. The van der Waals surface area contributed by atoms with Gasteiger partial charge in [-0.05, 0) is 55.8 Å². The maximum Gasteiger partial charge on any atom is 0.322 e. The molecule has 8 nitrogen and oxygen atoms in total. The molecule has 2 unspecified atom stereocenters. The van der Waals surface area contributed by atoms with Crippen LogP contribution >= 0.6 is 11.3 Å². The number of amides is 2. The Hall–Kier alpha value is -3.17. The van der Waals surface area contributed by atoms with Gasteiger partial charge in [0.25, 0.3) is 5.89 Å². The summed E-state index contributed by atoms with van der Waals surface area (Å²) in [5.74, 6) is 1.71. The Kier molecular flexibility index (Phi) is 6.15. The highest BCUT2D eigenvalue weighted by Gasteiger charge is 2.37. The molecular formula is C24H26N4O4S. The lowest BCUT2D eigenvalue weighted by atomic mass is 9.94. The lowest BCUT2D eigenvalue weighted by Gasteiger charge is -2.36. The fourth-order valence-electron chi connectivity index (χ4n) is 4.28. The van der Waals surface area contributed by atoms with E-state index in [2.05, 4.69) is 15.5 Å². The van der Waals surface area contributed by atoms with Crippen LogP contribution in [0.4, 0.5) is 4.79 Å². The molecule has 2 amide bonds. The van der Waals surface area contributed by atoms with E-state index in [0.29, 0.717) is 24.9 Å². The molecule has 1 fully saturated rings. The van der Waals surface area contributed by atoms with E-state index in [9.17, 15) is 4.79 Å². The van der Waals surface area contributed by atoms with Gasteiger partial charge in [0.05, 0.1) is 35.7 Å². The van der Waals surface area contributed by atoms with E-state index in [0.717, 1.165) is 46.9 Å². The zero-order valence-corrected chi connectivity index (χ0v) is 19.4. The minimum atomic E-state index is -0.425. The second-order valence-corrected chi connectivity index (χ2v) is 8.98. The Morgan fingerprint density at radius 1 is 1.27 bits per heavy atom. The fourth-order valence-corrected chi connectivity index (χ4v) is 4.93. The van der Waals surface area contributed by atoms with Crippen molar-refractivity contribution in [3.8, 4) is 16.5 Å². The number of allylic oxidation sites excluding steroid dienone is 1. The molecule has 0 radical (unpaired) electrons. The van der Waals surface area contributed by atoms with Gasteiger partial charge in [0.1, 0.15) is 5.75 Å². The molecule has 1 aromatic carbocycles. The number of rotatable bonds is 7. The van der Waals surface area contributed by atoms with Gasteiger partial charge in [-0.15, -0.1) is 11.3 Å². The summed E-state index contributed by atoms with van der Waals surface area (Å²) in [4.78, 5) is 20.5. The summed E-state index contributed by atoms with van der Waals surface area (Å²) in [5.41, 5.74) is 2.48. The van der Waals surface area contributed by atoms with Crippen LogP contribution < -0.4 is 10.1 Å². The zero-order chi connectivity index (χ0) is 22.8. The van der Waals surface area contributed by atoms with E-state index in [1.54, 1.807) is 16.2 Å². The number of hydrogen-bond donors (Lipinski definition) is 1. The lowest BCUT2D eigenvalue weighted by molar-refractivity contribution is 0.0877. The van der Waals surface area contributed by atoms with Gasteiger partial charge in [-0.25, -0.2) is 4.79 Å². The summed E-state index contributed by atoms with van der Waals surface area (Å²) < 4.78 is 17.1. The first-order valence-electron chi connectivity index (χ1n) is 11.1. The topological polar surface area (TPSA) is 89.7 Å². The summed E-state index contributed by atoms with van der Waals surface area (Å²) in [5, 5.41) is 9.31. The van der Waals surface area contributed by atoms with Gasteiger partial charge in [-0.2, -0.15) is 4.98 Å². The molecule has 0 spiro atoms. The molecule has 33 heavy (non-hydrogen) atoms. The molecule has 0 saturated carbocycles. The van der Waals surface area contributed by atoms with Gasteiger partial charge in [0.2, 0.25) is 5.82 Å². The third-order valence-electron chi connectivity index (χ3n) is 5.93. The molecule has 5 rings (SSSR count). The predicted octanol–water partition coefficient (Wildman–Crippen LogP) is 4.87. The quantitative estimate of drug-likeness (QED) is 0.534. The molecule has 172 valence electrons. The summed E-state index contributed by atoms with van der Waals surface area (Å²) in [6.45, 7) is 5.69. The van der Waals surface area contributed by atoms with E-state index in [-0.39, 0.29) is 12.1 Å². The molecular weight excluding hydrogens is 440 g/mol. The van der Waals surface area contributed by atoms with Gasteiger partial charge >= 0.3 is 6.03 Å². The Bertz CT molecular complexity index is 1130. The van der Waals surface area contributed by atoms with Crippen molar-refractivity contribution < 1.29 is 18.8 Å². The van der Waals surface area contributed by atoms with Gasteiger partial charge in [-0.1, -0.05) is 23.4 Å². The molecule has 2 aliphatic rings. The van der Waals surface area contributed by atoms with Gasteiger partial charge in [-0.3, -0.25) is 4.90 Å². The summed E-state index contributed by atoms with van der Waals surface area (Å²) in [6, 6.07) is 11.0. The highest BCUT2D eigenvalue weighted by Crippen LogP contribution is 2.38. The van der Waals surface area contributed by atoms with Gasteiger partial charge in [0, 0.05) is 12.3 Å². The fraction of sp³-hybridized carbons (Fsp3) is 0.375. The molecule has 1 N–H and O–H groups in total. The van der Waals surface area contributed by atoms with Crippen molar-refractivity contribution in [3.63, 3.8) is 0 Å². The van der Waals surface area contributed by atoms with Crippen LogP contribution in [0.1, 0.15) is 44.2 Å². The number of aromatic nitrogens is 2. The van der Waals surface area contributed by atoms with E-state index >= 15 is 0 Å². The molecule has 1 saturated heterocycles. The molecule has 3 aromatic rings. The van der Waals surface area contributed by atoms with Crippen molar-refractivity contribution in [1.82, 2.24) is 20.4 Å². The monoisotopic (exact) mass is 466 g/mol. The standard InChI is InChI=1S/C24H26N4O4S/c1-3-30-17-10-8-16(9-11-17)21-20(23-26-22(27-32-23)19-7-5-13-33-19)15(2)28(24(29)25-21)14-18-6-4-12-31-18/h5,7-11,13,18,21H,3-4,6,12,14H2,1-2H3,(H,25,29). The first-order chi connectivity index (χ1) is 16.1. The number of urea groups is 1. The van der Waals surface area contributed by atoms with Crippen molar-refractivity contribution >= 4 is 22.9 Å². The normalized spacial score (nSPS) is 20.9. The van der Waals surface area contributed by atoms with E-state index in [1.165, 1.54) is 0 Å². The number of nitrogens with one attached hydrogen (secondary N) is 1. The number of carbonyl (C=O) groups is 1. The highest BCUT2D eigenvalue weighted by atomic mass is 32.1. The average Bonchev–Trinajstić information content (AvgIpc) is 3.60. The summed E-state index contributed by atoms with van der Waals surface area (Å²) in [7, 11) is 0. The molecule has 2 atom stereocenters. The van der Waals surface area contributed by atoms with Gasteiger partial charge < -0.3 is 19.3 Å². The predicted molar refractivity (Wildman–Crippen MR) is 125 cm³/mol. The van der Waals surface area contributed by atoms with Crippen LogP contribution in [0.5, 0.6) is 5.75 Å². The Morgan fingerprint density at radius 2 is 2.12 bits per heavy atom. The first-order valence-corrected chi connectivity index (χ1v) is 12.0. The second-order valence-electron chi connectivity index (χ2n) is 8.03. The summed E-state index contributed by atoms with van der Waals surface area (Å²) >= 11 is 1.55. The molecule has 4 heterocycles. The average molecular weight is 467 g/mol. The Labute approximate surface area is 196 Å². The number of carbonyl (C=O) groups excluding carboxylic acids is 1. The molecule has 2 aromatic heterocycles. The maximum absolute atomic E-state index is 13.1. The van der Waals surface area contributed by atoms with Crippen LogP contribution in [0, 0.1) is 0 Å². The van der Waals surface area contributed by atoms with Crippen LogP contribution in [-0.4, -0.2) is 46.9 Å². The number of hydrogen-bond acceptors (Lipinski definition) is 7. The van der Waals surface area contributed by atoms with E-state index in [4.69, 9.17) is 14.0 Å².